The minimum Gasteiger partial charge on any atom is -0.443 e. The van der Waals surface area contributed by atoms with E-state index in [0.29, 0.717) is 17.4 Å². The van der Waals surface area contributed by atoms with Crippen LogP contribution in [0.15, 0.2) is 36.7 Å². The van der Waals surface area contributed by atoms with Crippen molar-refractivity contribution in [3.8, 4) is 11.4 Å². The molecule has 1 aliphatic rings. The first-order chi connectivity index (χ1) is 13.4. The maximum Gasteiger partial charge on any atom is 0.419 e. The molecule has 148 valence electrons. The molecule has 1 fully saturated rings. The molecule has 3 aromatic heterocycles. The number of aromatic nitrogens is 4. The van der Waals surface area contributed by atoms with Crippen molar-refractivity contribution in [2.45, 2.75) is 45.3 Å². The Kier molecular flexibility index (Phi) is 4.80. The lowest BCUT2D eigenvalue weighted by Crippen LogP contribution is -2.28. The van der Waals surface area contributed by atoms with Crippen LogP contribution in [0.4, 0.5) is 10.6 Å². The molecule has 0 aliphatic carbocycles. The molecular weight excluding hydrogens is 358 g/mol. The van der Waals surface area contributed by atoms with E-state index in [0.717, 1.165) is 37.6 Å². The van der Waals surface area contributed by atoms with Gasteiger partial charge in [-0.2, -0.15) is 0 Å². The second-order valence-corrected chi connectivity index (χ2v) is 7.91. The molecule has 0 radical (unpaired) electrons. The lowest BCUT2D eigenvalue weighted by Gasteiger charge is -2.23. The van der Waals surface area contributed by atoms with E-state index < -0.39 is 11.7 Å². The van der Waals surface area contributed by atoms with Gasteiger partial charge in [-0.25, -0.2) is 14.3 Å². The fraction of sp³-hybridized carbons (Fsp3) is 0.450. The smallest absolute Gasteiger partial charge is 0.419 e. The number of anilines is 1. The number of ether oxygens (including phenoxy) is 2. The van der Waals surface area contributed by atoms with Gasteiger partial charge in [0.05, 0.1) is 11.9 Å². The van der Waals surface area contributed by atoms with Crippen molar-refractivity contribution >= 4 is 17.6 Å². The van der Waals surface area contributed by atoms with E-state index >= 15 is 0 Å². The summed E-state index contributed by atoms with van der Waals surface area (Å²) in [5.74, 6) is 0.772. The van der Waals surface area contributed by atoms with Gasteiger partial charge in [-0.15, -0.1) is 5.10 Å². The molecule has 0 atom stereocenters. The Morgan fingerprint density at radius 1 is 1.21 bits per heavy atom. The Morgan fingerprint density at radius 3 is 2.75 bits per heavy atom. The van der Waals surface area contributed by atoms with Crippen LogP contribution in [0.25, 0.3) is 17.0 Å². The molecule has 4 rings (SSSR count). The molecule has 0 unspecified atom stereocenters. The highest BCUT2D eigenvalue weighted by Gasteiger charge is 2.21. The summed E-state index contributed by atoms with van der Waals surface area (Å²) in [4.78, 5) is 17.0. The summed E-state index contributed by atoms with van der Waals surface area (Å²) < 4.78 is 14.1. The van der Waals surface area contributed by atoms with Gasteiger partial charge in [0.1, 0.15) is 17.1 Å². The number of hydrogen-bond acceptors (Lipinski definition) is 6. The predicted octanol–water partition coefficient (Wildman–Crippen LogP) is 3.57. The SMILES string of the molecule is CC(C)(C)OC(=O)n1cccc1-c1cnc2ccc(NC3CCOCC3)nn12. The van der Waals surface area contributed by atoms with Crippen molar-refractivity contribution in [2.24, 2.45) is 0 Å². The summed E-state index contributed by atoms with van der Waals surface area (Å²) in [5.41, 5.74) is 1.54. The van der Waals surface area contributed by atoms with Gasteiger partial charge in [0.2, 0.25) is 0 Å². The van der Waals surface area contributed by atoms with Crippen LogP contribution in [-0.2, 0) is 9.47 Å². The maximum absolute atomic E-state index is 12.6. The minimum absolute atomic E-state index is 0.344. The fourth-order valence-corrected chi connectivity index (χ4v) is 3.24. The van der Waals surface area contributed by atoms with Crippen molar-refractivity contribution in [1.82, 2.24) is 19.2 Å². The largest absolute Gasteiger partial charge is 0.443 e. The lowest BCUT2D eigenvalue weighted by atomic mass is 10.1. The van der Waals surface area contributed by atoms with Crippen LogP contribution >= 0.6 is 0 Å². The molecule has 28 heavy (non-hydrogen) atoms. The summed E-state index contributed by atoms with van der Waals surface area (Å²) in [6, 6.07) is 7.85. The highest BCUT2D eigenvalue weighted by atomic mass is 16.6. The Hall–Kier alpha value is -2.87. The lowest BCUT2D eigenvalue weighted by molar-refractivity contribution is 0.0540. The first kappa shape index (κ1) is 18.5. The quantitative estimate of drug-likeness (QED) is 0.744. The molecule has 8 nitrogen and oxygen atoms in total. The Labute approximate surface area is 163 Å². The first-order valence-electron chi connectivity index (χ1n) is 9.51. The fourth-order valence-electron chi connectivity index (χ4n) is 3.24. The third kappa shape index (κ3) is 3.87. The van der Waals surface area contributed by atoms with Gasteiger partial charge in [0.25, 0.3) is 0 Å². The van der Waals surface area contributed by atoms with Gasteiger partial charge < -0.3 is 14.8 Å². The highest BCUT2D eigenvalue weighted by Crippen LogP contribution is 2.23. The standard InChI is InChI=1S/C20H25N5O3/c1-20(2,3)28-19(26)24-10-4-5-15(24)16-13-21-18-7-6-17(23-25(16)18)22-14-8-11-27-12-9-14/h4-7,10,13-14H,8-9,11-12H2,1-3H3,(H,22,23). The Bertz CT molecular complexity index is 979. The van der Waals surface area contributed by atoms with E-state index in [-0.39, 0.29) is 0 Å². The third-order valence-electron chi connectivity index (χ3n) is 4.54. The van der Waals surface area contributed by atoms with E-state index in [2.05, 4.69) is 10.3 Å². The van der Waals surface area contributed by atoms with Gasteiger partial charge >= 0.3 is 6.09 Å². The van der Waals surface area contributed by atoms with Gasteiger partial charge in [-0.05, 0) is 57.9 Å². The molecule has 0 saturated carbocycles. The number of carbonyl (C=O) groups is 1. The molecule has 8 heteroatoms. The third-order valence-corrected chi connectivity index (χ3v) is 4.54. The Morgan fingerprint density at radius 2 is 2.00 bits per heavy atom. The number of nitrogens with one attached hydrogen (secondary N) is 1. The summed E-state index contributed by atoms with van der Waals surface area (Å²) in [5, 5.41) is 8.16. The van der Waals surface area contributed by atoms with E-state index in [9.17, 15) is 4.79 Å². The van der Waals surface area contributed by atoms with Crippen LogP contribution in [-0.4, -0.2) is 50.1 Å². The van der Waals surface area contributed by atoms with Crippen LogP contribution in [0.3, 0.4) is 0 Å². The van der Waals surface area contributed by atoms with Crippen molar-refractivity contribution in [2.75, 3.05) is 18.5 Å². The topological polar surface area (TPSA) is 82.7 Å². The summed E-state index contributed by atoms with van der Waals surface area (Å²) in [7, 11) is 0. The predicted molar refractivity (Wildman–Crippen MR) is 106 cm³/mol. The molecule has 0 bridgehead atoms. The number of carbonyl (C=O) groups excluding carboxylic acids is 1. The van der Waals surface area contributed by atoms with E-state index in [1.54, 1.807) is 16.9 Å². The van der Waals surface area contributed by atoms with Crippen molar-refractivity contribution in [1.29, 1.82) is 0 Å². The number of hydrogen-bond donors (Lipinski definition) is 1. The van der Waals surface area contributed by atoms with Crippen LogP contribution in [0.2, 0.25) is 0 Å². The zero-order valence-corrected chi connectivity index (χ0v) is 16.4. The second-order valence-electron chi connectivity index (χ2n) is 7.91. The average molecular weight is 383 g/mol. The number of rotatable bonds is 3. The molecule has 1 N–H and O–H groups in total. The molecule has 0 spiro atoms. The van der Waals surface area contributed by atoms with Gasteiger partial charge in [-0.3, -0.25) is 4.57 Å². The van der Waals surface area contributed by atoms with E-state index in [1.807, 2.05) is 45.0 Å². The molecular formula is C20H25N5O3. The molecule has 3 aromatic rings. The van der Waals surface area contributed by atoms with Crippen molar-refractivity contribution in [3.63, 3.8) is 0 Å². The summed E-state index contributed by atoms with van der Waals surface area (Å²) in [6.45, 7) is 7.06. The monoisotopic (exact) mass is 383 g/mol. The number of nitrogens with zero attached hydrogens (tertiary/aromatic N) is 4. The van der Waals surface area contributed by atoms with Crippen LogP contribution in [0.1, 0.15) is 33.6 Å². The first-order valence-corrected chi connectivity index (χ1v) is 9.51. The van der Waals surface area contributed by atoms with Gasteiger partial charge in [-0.1, -0.05) is 0 Å². The highest BCUT2D eigenvalue weighted by molar-refractivity contribution is 5.78. The second kappa shape index (κ2) is 7.27. The van der Waals surface area contributed by atoms with Crippen molar-refractivity contribution in [3.05, 3.63) is 36.7 Å². The molecule has 4 heterocycles. The zero-order chi connectivity index (χ0) is 19.7. The number of fused-ring (bicyclic) bond motifs is 1. The van der Waals surface area contributed by atoms with Gasteiger partial charge in [0.15, 0.2) is 5.65 Å². The molecule has 1 saturated heterocycles. The van der Waals surface area contributed by atoms with Crippen molar-refractivity contribution < 1.29 is 14.3 Å². The number of imidazole rings is 1. The summed E-state index contributed by atoms with van der Waals surface area (Å²) >= 11 is 0. The zero-order valence-electron chi connectivity index (χ0n) is 16.4. The molecule has 0 amide bonds. The van der Waals surface area contributed by atoms with Gasteiger partial charge in [0, 0.05) is 25.5 Å². The van der Waals surface area contributed by atoms with Crippen LogP contribution < -0.4 is 5.32 Å². The normalized spacial score (nSPS) is 15.7. The maximum atomic E-state index is 12.6. The van der Waals surface area contributed by atoms with Crippen LogP contribution in [0, 0.1) is 0 Å². The average Bonchev–Trinajstić information content (AvgIpc) is 3.27. The molecule has 0 aromatic carbocycles. The summed E-state index contributed by atoms with van der Waals surface area (Å²) in [6.07, 6.45) is 4.89. The minimum atomic E-state index is -0.572. The van der Waals surface area contributed by atoms with E-state index in [1.165, 1.54) is 4.57 Å². The van der Waals surface area contributed by atoms with E-state index in [4.69, 9.17) is 14.6 Å². The Balaban J connectivity index is 1.65. The molecule has 1 aliphatic heterocycles. The van der Waals surface area contributed by atoms with Crippen LogP contribution in [0.5, 0.6) is 0 Å².